The second kappa shape index (κ2) is 6.51. The van der Waals surface area contributed by atoms with Crippen LogP contribution >= 0.6 is 0 Å². The lowest BCUT2D eigenvalue weighted by molar-refractivity contribution is 0.0783. The van der Waals surface area contributed by atoms with Gasteiger partial charge in [0, 0.05) is 55.4 Å². The lowest BCUT2D eigenvalue weighted by Crippen LogP contribution is -2.29. The first-order chi connectivity index (χ1) is 12.2. The third-order valence-corrected chi connectivity index (χ3v) is 4.63. The summed E-state index contributed by atoms with van der Waals surface area (Å²) in [6.45, 7) is 1.71. The Hall–Kier alpha value is -2.95. The summed E-state index contributed by atoms with van der Waals surface area (Å²) >= 11 is 0. The Kier molecular flexibility index (Phi) is 4.06. The minimum Gasteiger partial charge on any atom is -0.346 e. The third kappa shape index (κ3) is 3.05. The monoisotopic (exact) mass is 332 g/mol. The van der Waals surface area contributed by atoms with Crippen LogP contribution in [-0.2, 0) is 7.05 Å². The number of carbonyl (C=O) groups is 1. The van der Waals surface area contributed by atoms with E-state index in [0.29, 0.717) is 11.5 Å². The van der Waals surface area contributed by atoms with Crippen LogP contribution in [0.15, 0.2) is 55.0 Å². The molecule has 0 spiro atoms. The molecule has 0 N–H and O–H groups in total. The molecule has 0 saturated carbocycles. The average molecular weight is 332 g/mol. The molecule has 1 amide bonds. The molecule has 25 heavy (non-hydrogen) atoms. The minimum absolute atomic E-state index is 0.105. The zero-order valence-electron chi connectivity index (χ0n) is 14.2. The van der Waals surface area contributed by atoms with E-state index in [9.17, 15) is 4.79 Å². The molecule has 1 aliphatic heterocycles. The lowest BCUT2D eigenvalue weighted by Gasteiger charge is -2.15. The van der Waals surface area contributed by atoms with E-state index in [1.165, 1.54) is 0 Å². The van der Waals surface area contributed by atoms with Crippen molar-refractivity contribution in [2.24, 2.45) is 7.05 Å². The summed E-state index contributed by atoms with van der Waals surface area (Å²) in [7, 11) is 1.91. The molecule has 1 aliphatic rings. The molecule has 0 radical (unpaired) electrons. The zero-order valence-corrected chi connectivity index (χ0v) is 14.2. The summed E-state index contributed by atoms with van der Waals surface area (Å²) in [4.78, 5) is 23.5. The number of carbonyl (C=O) groups excluding carboxylic acids is 1. The number of amides is 1. The van der Waals surface area contributed by atoms with Gasteiger partial charge in [-0.25, -0.2) is 9.97 Å². The Morgan fingerprint density at radius 3 is 2.32 bits per heavy atom. The molecule has 0 bridgehead atoms. The second-order valence-corrected chi connectivity index (χ2v) is 6.39. The second-order valence-electron chi connectivity index (χ2n) is 6.39. The predicted molar refractivity (Wildman–Crippen MR) is 97.0 cm³/mol. The quantitative estimate of drug-likeness (QED) is 0.739. The highest BCUT2D eigenvalue weighted by Gasteiger charge is 2.22. The zero-order chi connectivity index (χ0) is 17.2. The largest absolute Gasteiger partial charge is 0.346 e. The molecular weight excluding hydrogens is 312 g/mol. The van der Waals surface area contributed by atoms with Crippen LogP contribution in [-0.4, -0.2) is 38.4 Å². The lowest BCUT2D eigenvalue weighted by atomic mass is 10.1. The smallest absolute Gasteiger partial charge is 0.270 e. The summed E-state index contributed by atoms with van der Waals surface area (Å²) in [6, 6.07) is 11.8. The van der Waals surface area contributed by atoms with Crippen LogP contribution in [0.25, 0.3) is 22.5 Å². The van der Waals surface area contributed by atoms with Crippen molar-refractivity contribution in [3.05, 3.63) is 60.7 Å². The van der Waals surface area contributed by atoms with Crippen LogP contribution in [0.4, 0.5) is 0 Å². The van der Waals surface area contributed by atoms with Gasteiger partial charge in [0.05, 0.1) is 0 Å². The SMILES string of the molecule is Cn1cc(-c2cnc(-c3ccccc3)nc2)cc1C(=O)N1CCCC1. The van der Waals surface area contributed by atoms with Crippen LogP contribution < -0.4 is 0 Å². The van der Waals surface area contributed by atoms with E-state index >= 15 is 0 Å². The van der Waals surface area contributed by atoms with E-state index in [1.54, 1.807) is 0 Å². The molecule has 2 aromatic heterocycles. The summed E-state index contributed by atoms with van der Waals surface area (Å²) in [5.41, 5.74) is 3.58. The Bertz CT molecular complexity index is 878. The molecule has 1 saturated heterocycles. The van der Waals surface area contributed by atoms with Gasteiger partial charge in [-0.2, -0.15) is 0 Å². The average Bonchev–Trinajstić information content (AvgIpc) is 3.32. The Labute approximate surface area is 147 Å². The highest BCUT2D eigenvalue weighted by atomic mass is 16.2. The minimum atomic E-state index is 0.105. The van der Waals surface area contributed by atoms with Crippen LogP contribution in [0.1, 0.15) is 23.3 Å². The number of benzene rings is 1. The molecule has 3 heterocycles. The fraction of sp³-hybridized carbons (Fsp3) is 0.250. The fourth-order valence-electron chi connectivity index (χ4n) is 3.23. The summed E-state index contributed by atoms with van der Waals surface area (Å²) in [5, 5.41) is 0. The molecule has 3 aromatic rings. The number of hydrogen-bond acceptors (Lipinski definition) is 3. The van der Waals surface area contributed by atoms with Gasteiger partial charge in [0.25, 0.3) is 5.91 Å². The maximum Gasteiger partial charge on any atom is 0.270 e. The highest BCUT2D eigenvalue weighted by molar-refractivity contribution is 5.94. The van der Waals surface area contributed by atoms with Crippen molar-refractivity contribution in [2.75, 3.05) is 13.1 Å². The summed E-state index contributed by atoms with van der Waals surface area (Å²) in [6.07, 6.45) is 7.78. The van der Waals surface area contributed by atoms with Gasteiger partial charge >= 0.3 is 0 Å². The summed E-state index contributed by atoms with van der Waals surface area (Å²) in [5.74, 6) is 0.807. The van der Waals surface area contributed by atoms with Crippen molar-refractivity contribution >= 4 is 5.91 Å². The molecular formula is C20H20N4O. The molecule has 5 nitrogen and oxygen atoms in total. The van der Waals surface area contributed by atoms with Gasteiger partial charge in [0.1, 0.15) is 5.69 Å². The molecule has 4 rings (SSSR count). The van der Waals surface area contributed by atoms with Gasteiger partial charge in [-0.15, -0.1) is 0 Å². The highest BCUT2D eigenvalue weighted by Crippen LogP contribution is 2.24. The van der Waals surface area contributed by atoms with Gasteiger partial charge in [0.15, 0.2) is 5.82 Å². The van der Waals surface area contributed by atoms with Crippen LogP contribution in [0, 0.1) is 0 Å². The first kappa shape index (κ1) is 15.6. The van der Waals surface area contributed by atoms with E-state index in [-0.39, 0.29) is 5.91 Å². The van der Waals surface area contributed by atoms with Crippen molar-refractivity contribution in [1.29, 1.82) is 0 Å². The maximum atomic E-state index is 12.6. The molecule has 126 valence electrons. The van der Waals surface area contributed by atoms with Crippen LogP contribution in [0.3, 0.4) is 0 Å². The predicted octanol–water partition coefficient (Wildman–Crippen LogP) is 3.39. The number of nitrogens with zero attached hydrogens (tertiary/aromatic N) is 4. The van der Waals surface area contributed by atoms with Crippen molar-refractivity contribution in [3.63, 3.8) is 0 Å². The first-order valence-electron chi connectivity index (χ1n) is 8.56. The topological polar surface area (TPSA) is 51.0 Å². The standard InChI is InChI=1S/C20H20N4O/c1-23-14-16(11-18(23)20(25)24-9-5-6-10-24)17-12-21-19(22-13-17)15-7-3-2-4-8-15/h2-4,7-8,11-14H,5-6,9-10H2,1H3. The maximum absolute atomic E-state index is 12.6. The van der Waals surface area contributed by atoms with Gasteiger partial charge in [0.2, 0.25) is 0 Å². The fourth-order valence-corrected chi connectivity index (χ4v) is 3.23. The van der Waals surface area contributed by atoms with Gasteiger partial charge in [-0.3, -0.25) is 4.79 Å². The van der Waals surface area contributed by atoms with Crippen molar-refractivity contribution in [2.45, 2.75) is 12.8 Å². The van der Waals surface area contributed by atoms with Gasteiger partial charge < -0.3 is 9.47 Å². The number of likely N-dealkylation sites (tertiary alicyclic amines) is 1. The summed E-state index contributed by atoms with van der Waals surface area (Å²) < 4.78 is 1.89. The Morgan fingerprint density at radius 2 is 1.64 bits per heavy atom. The molecule has 0 aliphatic carbocycles. The van der Waals surface area contributed by atoms with E-state index in [0.717, 1.165) is 42.6 Å². The van der Waals surface area contributed by atoms with E-state index in [1.807, 2.05) is 71.5 Å². The van der Waals surface area contributed by atoms with E-state index < -0.39 is 0 Å². The van der Waals surface area contributed by atoms with Crippen LogP contribution in [0.2, 0.25) is 0 Å². The number of rotatable bonds is 3. The first-order valence-corrected chi connectivity index (χ1v) is 8.56. The normalized spacial score (nSPS) is 14.0. The number of hydrogen-bond donors (Lipinski definition) is 0. The van der Waals surface area contributed by atoms with Gasteiger partial charge in [-0.05, 0) is 18.9 Å². The van der Waals surface area contributed by atoms with E-state index in [2.05, 4.69) is 9.97 Å². The molecule has 1 aromatic carbocycles. The molecule has 0 atom stereocenters. The van der Waals surface area contributed by atoms with Crippen molar-refractivity contribution in [3.8, 4) is 22.5 Å². The molecule has 5 heteroatoms. The third-order valence-electron chi connectivity index (χ3n) is 4.63. The number of aromatic nitrogens is 3. The number of aryl methyl sites for hydroxylation is 1. The molecule has 0 unspecified atom stereocenters. The Balaban J connectivity index is 1.60. The molecule has 1 fully saturated rings. The van der Waals surface area contributed by atoms with E-state index in [4.69, 9.17) is 0 Å². The van der Waals surface area contributed by atoms with Crippen molar-refractivity contribution < 1.29 is 4.79 Å². The van der Waals surface area contributed by atoms with Gasteiger partial charge in [-0.1, -0.05) is 30.3 Å². The van der Waals surface area contributed by atoms with Crippen LogP contribution in [0.5, 0.6) is 0 Å². The Morgan fingerprint density at radius 1 is 0.960 bits per heavy atom. The van der Waals surface area contributed by atoms with Crippen molar-refractivity contribution in [1.82, 2.24) is 19.4 Å².